The van der Waals surface area contributed by atoms with E-state index in [2.05, 4.69) is 4.90 Å². The molecule has 0 unspecified atom stereocenters. The van der Waals surface area contributed by atoms with Crippen LogP contribution in [0.4, 0.5) is 0 Å². The zero-order chi connectivity index (χ0) is 12.3. The van der Waals surface area contributed by atoms with Crippen LogP contribution >= 0.6 is 0 Å². The van der Waals surface area contributed by atoms with Crippen LogP contribution in [0.1, 0.15) is 32.6 Å². The minimum atomic E-state index is 0.206. The van der Waals surface area contributed by atoms with Crippen LogP contribution in [-0.2, 0) is 4.79 Å². The van der Waals surface area contributed by atoms with E-state index in [0.29, 0.717) is 5.92 Å². The third-order valence-corrected chi connectivity index (χ3v) is 4.00. The van der Waals surface area contributed by atoms with Crippen LogP contribution in [0.3, 0.4) is 0 Å². The molecule has 0 atom stereocenters. The van der Waals surface area contributed by atoms with E-state index in [1.807, 2.05) is 4.90 Å². The first-order valence-electron chi connectivity index (χ1n) is 6.81. The molecule has 2 fully saturated rings. The Hall–Kier alpha value is -0.610. The second-order valence-electron chi connectivity index (χ2n) is 5.40. The van der Waals surface area contributed by atoms with Crippen molar-refractivity contribution in [3.63, 3.8) is 0 Å². The molecule has 0 aromatic heterocycles. The van der Waals surface area contributed by atoms with Gasteiger partial charge in [-0.2, -0.15) is 0 Å². The molecule has 0 spiro atoms. The Morgan fingerprint density at radius 3 is 2.41 bits per heavy atom. The number of hydrogen-bond donors (Lipinski definition) is 1. The van der Waals surface area contributed by atoms with E-state index in [1.54, 1.807) is 6.92 Å². The van der Waals surface area contributed by atoms with Crippen molar-refractivity contribution >= 4 is 5.91 Å². The molecule has 1 heterocycles. The third kappa shape index (κ3) is 3.68. The highest BCUT2D eigenvalue weighted by atomic mass is 16.3. The summed E-state index contributed by atoms with van der Waals surface area (Å²) in [6.07, 6.45) is 4.83. The summed E-state index contributed by atoms with van der Waals surface area (Å²) in [7, 11) is 0. The third-order valence-electron chi connectivity index (χ3n) is 4.00. The fourth-order valence-electron chi connectivity index (χ4n) is 2.75. The van der Waals surface area contributed by atoms with Crippen LogP contribution < -0.4 is 0 Å². The molecule has 0 aromatic rings. The number of rotatable bonds is 5. The summed E-state index contributed by atoms with van der Waals surface area (Å²) >= 11 is 0. The Morgan fingerprint density at radius 1 is 1.29 bits per heavy atom. The second-order valence-corrected chi connectivity index (χ2v) is 5.40. The highest BCUT2D eigenvalue weighted by molar-refractivity contribution is 5.73. The van der Waals surface area contributed by atoms with Crippen LogP contribution in [0.5, 0.6) is 0 Å². The molecule has 0 aromatic carbocycles. The maximum absolute atomic E-state index is 11.2. The SMILES string of the molecule is CC(=O)N1CCC(CN(CCO)C2CC2)CC1. The zero-order valence-electron chi connectivity index (χ0n) is 10.8. The lowest BCUT2D eigenvalue weighted by Crippen LogP contribution is -2.41. The number of aliphatic hydroxyl groups excluding tert-OH is 1. The maximum Gasteiger partial charge on any atom is 0.219 e. The Morgan fingerprint density at radius 2 is 1.94 bits per heavy atom. The standard InChI is InChI=1S/C13H24N2O2/c1-11(17)14-6-4-12(5-7-14)10-15(8-9-16)13-2-3-13/h12-13,16H,2-10H2,1H3. The first-order valence-corrected chi connectivity index (χ1v) is 6.81. The van der Waals surface area contributed by atoms with Crippen molar-refractivity contribution in [2.24, 2.45) is 5.92 Å². The lowest BCUT2D eigenvalue weighted by atomic mass is 9.96. The highest BCUT2D eigenvalue weighted by Crippen LogP contribution is 2.29. The summed E-state index contributed by atoms with van der Waals surface area (Å²) in [4.78, 5) is 15.6. The molecule has 98 valence electrons. The first kappa shape index (κ1) is 12.8. The molecule has 4 heteroatoms. The zero-order valence-corrected chi connectivity index (χ0v) is 10.8. The molecule has 1 saturated heterocycles. The van der Waals surface area contributed by atoms with Gasteiger partial charge in [-0.1, -0.05) is 0 Å². The molecule has 1 amide bonds. The van der Waals surface area contributed by atoms with Gasteiger partial charge in [-0.05, 0) is 31.6 Å². The lowest BCUT2D eigenvalue weighted by molar-refractivity contribution is -0.130. The second kappa shape index (κ2) is 5.83. The predicted octanol–water partition coefficient (Wildman–Crippen LogP) is 0.702. The maximum atomic E-state index is 11.2. The van der Waals surface area contributed by atoms with E-state index in [4.69, 9.17) is 5.11 Å². The first-order chi connectivity index (χ1) is 8.20. The fraction of sp³-hybridized carbons (Fsp3) is 0.923. The van der Waals surface area contributed by atoms with Crippen LogP contribution in [0.15, 0.2) is 0 Å². The molecule has 1 saturated carbocycles. The van der Waals surface area contributed by atoms with Gasteiger partial charge in [0, 0.05) is 39.1 Å². The molecule has 1 N–H and O–H groups in total. The summed E-state index contributed by atoms with van der Waals surface area (Å²) in [5.41, 5.74) is 0. The van der Waals surface area contributed by atoms with E-state index >= 15 is 0 Å². The van der Waals surface area contributed by atoms with E-state index in [1.165, 1.54) is 12.8 Å². The quantitative estimate of drug-likeness (QED) is 0.769. The predicted molar refractivity (Wildman–Crippen MR) is 66.7 cm³/mol. The molecular weight excluding hydrogens is 216 g/mol. The van der Waals surface area contributed by atoms with E-state index < -0.39 is 0 Å². The number of amides is 1. The summed E-state index contributed by atoms with van der Waals surface area (Å²) in [6, 6.07) is 0.730. The summed E-state index contributed by atoms with van der Waals surface area (Å²) < 4.78 is 0. The van der Waals surface area contributed by atoms with Gasteiger partial charge >= 0.3 is 0 Å². The minimum Gasteiger partial charge on any atom is -0.395 e. The number of nitrogens with zero attached hydrogens (tertiary/aromatic N) is 2. The molecule has 1 aliphatic heterocycles. The van der Waals surface area contributed by atoms with Crippen LogP contribution in [-0.4, -0.2) is 59.6 Å². The largest absolute Gasteiger partial charge is 0.395 e. The van der Waals surface area contributed by atoms with Crippen molar-refractivity contribution in [3.8, 4) is 0 Å². The number of carbonyl (C=O) groups excluding carboxylic acids is 1. The Kier molecular flexibility index (Phi) is 4.40. The average Bonchev–Trinajstić information content (AvgIpc) is 3.13. The lowest BCUT2D eigenvalue weighted by Gasteiger charge is -2.34. The van der Waals surface area contributed by atoms with Gasteiger partial charge in [0.15, 0.2) is 0 Å². The number of piperidine rings is 1. The van der Waals surface area contributed by atoms with Gasteiger partial charge in [0.1, 0.15) is 0 Å². The Balaban J connectivity index is 1.74. The number of carbonyl (C=O) groups is 1. The smallest absolute Gasteiger partial charge is 0.219 e. The van der Waals surface area contributed by atoms with E-state index in [-0.39, 0.29) is 12.5 Å². The van der Waals surface area contributed by atoms with E-state index in [9.17, 15) is 4.79 Å². The topological polar surface area (TPSA) is 43.8 Å². The summed E-state index contributed by atoms with van der Waals surface area (Å²) in [6.45, 7) is 5.68. The molecule has 2 rings (SSSR count). The molecule has 0 bridgehead atoms. The molecular formula is C13H24N2O2. The summed E-state index contributed by atoms with van der Waals surface area (Å²) in [5.74, 6) is 0.913. The van der Waals surface area contributed by atoms with Crippen molar-refractivity contribution in [3.05, 3.63) is 0 Å². The van der Waals surface area contributed by atoms with Crippen molar-refractivity contribution in [1.82, 2.24) is 9.80 Å². The van der Waals surface area contributed by atoms with Gasteiger partial charge in [-0.3, -0.25) is 9.69 Å². The van der Waals surface area contributed by atoms with Crippen LogP contribution in [0.2, 0.25) is 0 Å². The minimum absolute atomic E-state index is 0.206. The highest BCUT2D eigenvalue weighted by Gasteiger charge is 2.31. The van der Waals surface area contributed by atoms with Crippen molar-refractivity contribution < 1.29 is 9.90 Å². The van der Waals surface area contributed by atoms with Crippen molar-refractivity contribution in [2.75, 3.05) is 32.8 Å². The normalized spacial score (nSPS) is 22.2. The van der Waals surface area contributed by atoms with E-state index in [0.717, 1.165) is 45.1 Å². The monoisotopic (exact) mass is 240 g/mol. The number of hydrogen-bond acceptors (Lipinski definition) is 3. The Bertz CT molecular complexity index is 258. The number of aliphatic hydroxyl groups is 1. The summed E-state index contributed by atoms with van der Waals surface area (Å²) in [5, 5.41) is 9.06. The fourth-order valence-corrected chi connectivity index (χ4v) is 2.75. The number of likely N-dealkylation sites (tertiary alicyclic amines) is 1. The van der Waals surface area contributed by atoms with Gasteiger partial charge in [0.05, 0.1) is 6.61 Å². The molecule has 1 aliphatic carbocycles. The van der Waals surface area contributed by atoms with Crippen LogP contribution in [0.25, 0.3) is 0 Å². The molecule has 17 heavy (non-hydrogen) atoms. The molecule has 4 nitrogen and oxygen atoms in total. The Labute approximate surface area is 104 Å². The van der Waals surface area contributed by atoms with Crippen molar-refractivity contribution in [2.45, 2.75) is 38.6 Å². The molecule has 0 radical (unpaired) electrons. The van der Waals surface area contributed by atoms with Gasteiger partial charge in [-0.15, -0.1) is 0 Å². The van der Waals surface area contributed by atoms with Crippen molar-refractivity contribution in [1.29, 1.82) is 0 Å². The van der Waals surface area contributed by atoms with Gasteiger partial charge in [0.25, 0.3) is 0 Å². The molecule has 2 aliphatic rings. The van der Waals surface area contributed by atoms with Gasteiger partial charge < -0.3 is 10.0 Å². The van der Waals surface area contributed by atoms with Gasteiger partial charge in [-0.25, -0.2) is 0 Å². The van der Waals surface area contributed by atoms with Crippen LogP contribution in [0, 0.1) is 5.92 Å². The average molecular weight is 240 g/mol. The van der Waals surface area contributed by atoms with Gasteiger partial charge in [0.2, 0.25) is 5.91 Å².